The number of aryl methyl sites for hydroxylation is 2. The lowest BCUT2D eigenvalue weighted by atomic mass is 10.1. The molecule has 0 saturated carbocycles. The third-order valence-electron chi connectivity index (χ3n) is 3.03. The largest absolute Gasteiger partial charge is 0.323 e. The zero-order chi connectivity index (χ0) is 14.0. The molecule has 1 aromatic heterocycles. The summed E-state index contributed by atoms with van der Waals surface area (Å²) in [6, 6.07) is 6.05. The van der Waals surface area contributed by atoms with E-state index in [1.807, 2.05) is 20.9 Å². The van der Waals surface area contributed by atoms with Crippen LogP contribution in [0.25, 0.3) is 0 Å². The van der Waals surface area contributed by atoms with Crippen LogP contribution in [-0.2, 0) is 18.3 Å². The van der Waals surface area contributed by atoms with E-state index in [1.165, 1.54) is 12.1 Å². The molecule has 5 heteroatoms. The van der Waals surface area contributed by atoms with Gasteiger partial charge in [0, 0.05) is 7.05 Å². The normalized spacial score (nSPS) is 10.5. The number of anilines is 1. The highest BCUT2D eigenvalue weighted by atomic mass is 19.1. The number of carbonyl (C=O) groups is 1. The lowest BCUT2D eigenvalue weighted by molar-refractivity contribution is -0.115. The van der Waals surface area contributed by atoms with Crippen LogP contribution in [0.15, 0.2) is 24.3 Å². The zero-order valence-electron chi connectivity index (χ0n) is 11.2. The maximum atomic E-state index is 13.0. The van der Waals surface area contributed by atoms with Crippen LogP contribution in [0.3, 0.4) is 0 Å². The number of benzene rings is 1. The van der Waals surface area contributed by atoms with Gasteiger partial charge in [0.2, 0.25) is 5.91 Å². The molecule has 0 bridgehead atoms. The lowest BCUT2D eigenvalue weighted by Crippen LogP contribution is -2.15. The number of rotatable bonds is 3. The number of aromatic nitrogens is 2. The molecule has 0 aliphatic carbocycles. The van der Waals surface area contributed by atoms with E-state index in [1.54, 1.807) is 16.8 Å². The number of nitrogens with zero attached hydrogens (tertiary/aromatic N) is 2. The van der Waals surface area contributed by atoms with Crippen molar-refractivity contribution in [3.05, 3.63) is 47.0 Å². The number of nitrogens with one attached hydrogen (secondary N) is 1. The highest BCUT2D eigenvalue weighted by Crippen LogP contribution is 2.18. The topological polar surface area (TPSA) is 46.9 Å². The molecule has 0 radical (unpaired) electrons. The first-order valence-corrected chi connectivity index (χ1v) is 6.02. The molecule has 0 spiro atoms. The van der Waals surface area contributed by atoms with E-state index in [0.29, 0.717) is 5.56 Å². The van der Waals surface area contributed by atoms with E-state index in [4.69, 9.17) is 0 Å². The number of carbonyl (C=O) groups excluding carboxylic acids is 1. The Morgan fingerprint density at radius 1 is 1.42 bits per heavy atom. The molecular weight excluding hydrogens is 245 g/mol. The molecule has 100 valence electrons. The van der Waals surface area contributed by atoms with Crippen LogP contribution in [0.4, 0.5) is 10.1 Å². The van der Waals surface area contributed by atoms with Crippen molar-refractivity contribution < 1.29 is 9.18 Å². The van der Waals surface area contributed by atoms with Crippen molar-refractivity contribution in [2.45, 2.75) is 20.3 Å². The average Bonchev–Trinajstić information content (AvgIpc) is 2.56. The van der Waals surface area contributed by atoms with Gasteiger partial charge in [0.25, 0.3) is 0 Å². The minimum Gasteiger partial charge on any atom is -0.323 e. The van der Waals surface area contributed by atoms with E-state index >= 15 is 0 Å². The minimum atomic E-state index is -0.334. The average molecular weight is 261 g/mol. The molecule has 2 rings (SSSR count). The highest BCUT2D eigenvalue weighted by molar-refractivity contribution is 5.93. The smallest absolute Gasteiger partial charge is 0.228 e. The molecular formula is C14H16FN3O. The van der Waals surface area contributed by atoms with E-state index in [2.05, 4.69) is 10.4 Å². The monoisotopic (exact) mass is 261 g/mol. The SMILES string of the molecule is Cc1nn(C)c(C)c1NC(=O)Cc1cccc(F)c1. The fourth-order valence-electron chi connectivity index (χ4n) is 1.97. The van der Waals surface area contributed by atoms with Gasteiger partial charge in [-0.25, -0.2) is 4.39 Å². The Kier molecular flexibility index (Phi) is 3.64. The van der Waals surface area contributed by atoms with E-state index in [9.17, 15) is 9.18 Å². The Bertz CT molecular complexity index is 619. The third-order valence-corrected chi connectivity index (χ3v) is 3.03. The lowest BCUT2D eigenvalue weighted by Gasteiger charge is -2.06. The maximum absolute atomic E-state index is 13.0. The number of halogens is 1. The van der Waals surface area contributed by atoms with Crippen molar-refractivity contribution in [3.8, 4) is 0 Å². The Morgan fingerprint density at radius 2 is 2.16 bits per heavy atom. The summed E-state index contributed by atoms with van der Waals surface area (Å²) < 4.78 is 14.7. The number of hydrogen-bond acceptors (Lipinski definition) is 2. The molecule has 0 unspecified atom stereocenters. The van der Waals surface area contributed by atoms with Crippen LogP contribution in [-0.4, -0.2) is 15.7 Å². The summed E-state index contributed by atoms with van der Waals surface area (Å²) >= 11 is 0. The fourth-order valence-corrected chi connectivity index (χ4v) is 1.97. The molecule has 0 fully saturated rings. The Labute approximate surface area is 111 Å². The van der Waals surface area contributed by atoms with E-state index < -0.39 is 0 Å². The van der Waals surface area contributed by atoms with Gasteiger partial charge in [0.05, 0.1) is 23.5 Å². The molecule has 0 atom stereocenters. The first-order chi connectivity index (χ1) is 8.97. The Morgan fingerprint density at radius 3 is 2.74 bits per heavy atom. The van der Waals surface area contributed by atoms with Gasteiger partial charge in [-0.2, -0.15) is 5.10 Å². The van der Waals surface area contributed by atoms with Gasteiger partial charge in [-0.3, -0.25) is 9.48 Å². The summed E-state index contributed by atoms with van der Waals surface area (Å²) in [4.78, 5) is 11.9. The van der Waals surface area contributed by atoms with Gasteiger partial charge in [-0.05, 0) is 31.5 Å². The molecule has 1 amide bonds. The van der Waals surface area contributed by atoms with Crippen molar-refractivity contribution in [1.82, 2.24) is 9.78 Å². The summed E-state index contributed by atoms with van der Waals surface area (Å²) in [7, 11) is 1.82. The summed E-state index contributed by atoms with van der Waals surface area (Å²) in [5, 5.41) is 7.05. The quantitative estimate of drug-likeness (QED) is 0.922. The summed E-state index contributed by atoms with van der Waals surface area (Å²) in [5.41, 5.74) is 3.04. The second kappa shape index (κ2) is 5.22. The van der Waals surface area contributed by atoms with Crippen LogP contribution < -0.4 is 5.32 Å². The second-order valence-electron chi connectivity index (χ2n) is 4.52. The maximum Gasteiger partial charge on any atom is 0.228 e. The number of hydrogen-bond donors (Lipinski definition) is 1. The molecule has 1 N–H and O–H groups in total. The van der Waals surface area contributed by atoms with Gasteiger partial charge in [0.1, 0.15) is 5.82 Å². The molecule has 2 aromatic rings. The van der Waals surface area contributed by atoms with Crippen LogP contribution in [0.1, 0.15) is 17.0 Å². The van der Waals surface area contributed by atoms with Crippen LogP contribution in [0.2, 0.25) is 0 Å². The summed E-state index contributed by atoms with van der Waals surface area (Å²) in [5.74, 6) is -0.510. The Balaban J connectivity index is 2.09. The van der Waals surface area contributed by atoms with Crippen molar-refractivity contribution in [1.29, 1.82) is 0 Å². The van der Waals surface area contributed by atoms with Gasteiger partial charge >= 0.3 is 0 Å². The van der Waals surface area contributed by atoms with Crippen LogP contribution in [0.5, 0.6) is 0 Å². The summed E-state index contributed by atoms with van der Waals surface area (Å²) in [6.45, 7) is 3.72. The van der Waals surface area contributed by atoms with Gasteiger partial charge in [-0.15, -0.1) is 0 Å². The second-order valence-corrected chi connectivity index (χ2v) is 4.52. The van der Waals surface area contributed by atoms with Crippen molar-refractivity contribution in [2.75, 3.05) is 5.32 Å². The third kappa shape index (κ3) is 2.99. The first kappa shape index (κ1) is 13.3. The molecule has 1 heterocycles. The molecule has 0 saturated heterocycles. The van der Waals surface area contributed by atoms with Crippen LogP contribution in [0, 0.1) is 19.7 Å². The highest BCUT2D eigenvalue weighted by Gasteiger charge is 2.12. The fraction of sp³-hybridized carbons (Fsp3) is 0.286. The van der Waals surface area contributed by atoms with E-state index in [0.717, 1.165) is 17.1 Å². The van der Waals surface area contributed by atoms with Gasteiger partial charge in [0.15, 0.2) is 0 Å². The molecule has 1 aromatic carbocycles. The van der Waals surface area contributed by atoms with Crippen molar-refractivity contribution >= 4 is 11.6 Å². The molecule has 0 aliphatic rings. The standard InChI is InChI=1S/C14H16FN3O/c1-9-14(10(2)18(3)17-9)16-13(19)8-11-5-4-6-12(15)7-11/h4-7H,8H2,1-3H3,(H,16,19). The van der Waals surface area contributed by atoms with Gasteiger partial charge < -0.3 is 5.32 Å². The first-order valence-electron chi connectivity index (χ1n) is 6.02. The predicted octanol–water partition coefficient (Wildman–Crippen LogP) is 2.36. The van der Waals surface area contributed by atoms with Crippen molar-refractivity contribution in [3.63, 3.8) is 0 Å². The number of amides is 1. The molecule has 4 nitrogen and oxygen atoms in total. The van der Waals surface area contributed by atoms with Crippen LogP contribution >= 0.6 is 0 Å². The van der Waals surface area contributed by atoms with Crippen molar-refractivity contribution in [2.24, 2.45) is 7.05 Å². The van der Waals surface area contributed by atoms with E-state index in [-0.39, 0.29) is 18.1 Å². The summed E-state index contributed by atoms with van der Waals surface area (Å²) in [6.07, 6.45) is 0.144. The minimum absolute atomic E-state index is 0.144. The predicted molar refractivity (Wildman–Crippen MR) is 71.4 cm³/mol. The molecule has 0 aliphatic heterocycles. The zero-order valence-corrected chi connectivity index (χ0v) is 11.2. The molecule has 19 heavy (non-hydrogen) atoms. The van der Waals surface area contributed by atoms with Gasteiger partial charge in [-0.1, -0.05) is 12.1 Å². The Hall–Kier alpha value is -2.17.